The van der Waals surface area contributed by atoms with Gasteiger partial charge in [0, 0.05) is 10.2 Å². The van der Waals surface area contributed by atoms with Crippen LogP contribution in [0.1, 0.15) is 15.9 Å². The van der Waals surface area contributed by atoms with Crippen molar-refractivity contribution in [1.29, 1.82) is 0 Å². The molecule has 116 valence electrons. The lowest BCUT2D eigenvalue weighted by Crippen LogP contribution is -2.14. The van der Waals surface area contributed by atoms with E-state index in [0.29, 0.717) is 10.2 Å². The van der Waals surface area contributed by atoms with Gasteiger partial charge in [-0.15, -0.1) is 0 Å². The molecule has 0 unspecified atom stereocenters. The summed E-state index contributed by atoms with van der Waals surface area (Å²) in [4.78, 5) is 12.2. The molecule has 0 aliphatic heterocycles. The maximum absolute atomic E-state index is 12.7. The van der Waals surface area contributed by atoms with Crippen molar-refractivity contribution in [3.8, 4) is 5.75 Å². The largest absolute Gasteiger partial charge is 0.497 e. The van der Waals surface area contributed by atoms with Crippen LogP contribution in [0, 0.1) is 0 Å². The Hall–Kier alpha value is -2.02. The summed E-state index contributed by atoms with van der Waals surface area (Å²) in [5, 5.41) is 2.44. The number of nitrogens with one attached hydrogen (secondary N) is 1. The van der Waals surface area contributed by atoms with Crippen LogP contribution in [-0.2, 0) is 6.18 Å². The van der Waals surface area contributed by atoms with Crippen molar-refractivity contribution in [1.82, 2.24) is 0 Å². The number of ether oxygens (including phenoxy) is 1. The number of carbonyl (C=O) groups is 1. The highest BCUT2D eigenvalue weighted by molar-refractivity contribution is 9.10. The van der Waals surface area contributed by atoms with Gasteiger partial charge in [0.2, 0.25) is 0 Å². The van der Waals surface area contributed by atoms with E-state index in [1.54, 1.807) is 12.1 Å². The van der Waals surface area contributed by atoms with Crippen LogP contribution < -0.4 is 10.1 Å². The number of hydrogen-bond acceptors (Lipinski definition) is 2. The number of halogens is 4. The Bertz CT molecular complexity index is 701. The number of carbonyl (C=O) groups excluding carboxylic acids is 1. The van der Waals surface area contributed by atoms with Gasteiger partial charge in [-0.05, 0) is 52.3 Å². The second-order valence-electron chi connectivity index (χ2n) is 4.38. The molecule has 0 spiro atoms. The normalized spacial score (nSPS) is 11.1. The molecule has 2 aromatic rings. The average molecular weight is 374 g/mol. The summed E-state index contributed by atoms with van der Waals surface area (Å²) >= 11 is 3.22. The Kier molecular flexibility index (Phi) is 4.75. The molecule has 0 bridgehead atoms. The summed E-state index contributed by atoms with van der Waals surface area (Å²) < 4.78 is 43.5. The van der Waals surface area contributed by atoms with Crippen molar-refractivity contribution in [3.63, 3.8) is 0 Å². The summed E-state index contributed by atoms with van der Waals surface area (Å²) in [5.74, 6) is -0.0671. The molecule has 7 heteroatoms. The second-order valence-corrected chi connectivity index (χ2v) is 5.23. The SMILES string of the molecule is COc1ccc(Br)c(C(=O)Nc2cccc(C(F)(F)F)c2)c1. The number of rotatable bonds is 3. The first kappa shape index (κ1) is 16.4. The first-order valence-corrected chi connectivity index (χ1v) is 6.92. The van der Waals surface area contributed by atoms with E-state index in [1.807, 2.05) is 0 Å². The van der Waals surface area contributed by atoms with Crippen molar-refractivity contribution in [3.05, 3.63) is 58.1 Å². The van der Waals surface area contributed by atoms with Crippen molar-refractivity contribution in [2.75, 3.05) is 12.4 Å². The van der Waals surface area contributed by atoms with Gasteiger partial charge < -0.3 is 10.1 Å². The van der Waals surface area contributed by atoms with E-state index >= 15 is 0 Å². The fourth-order valence-corrected chi connectivity index (χ4v) is 2.20. The zero-order valence-corrected chi connectivity index (χ0v) is 13.0. The fourth-order valence-electron chi connectivity index (χ4n) is 1.78. The summed E-state index contributed by atoms with van der Waals surface area (Å²) in [7, 11) is 1.46. The fraction of sp³-hybridized carbons (Fsp3) is 0.133. The van der Waals surface area contributed by atoms with Crippen LogP contribution >= 0.6 is 15.9 Å². The molecule has 22 heavy (non-hydrogen) atoms. The van der Waals surface area contributed by atoms with Gasteiger partial charge in [-0.3, -0.25) is 4.79 Å². The van der Waals surface area contributed by atoms with Crippen molar-refractivity contribution >= 4 is 27.5 Å². The van der Waals surface area contributed by atoms with Crippen LogP contribution in [0.2, 0.25) is 0 Å². The monoisotopic (exact) mass is 373 g/mol. The molecule has 2 aromatic carbocycles. The maximum Gasteiger partial charge on any atom is 0.416 e. The highest BCUT2D eigenvalue weighted by Crippen LogP contribution is 2.31. The Morgan fingerprint density at radius 2 is 1.91 bits per heavy atom. The third-order valence-electron chi connectivity index (χ3n) is 2.87. The van der Waals surface area contributed by atoms with Crippen molar-refractivity contribution in [2.45, 2.75) is 6.18 Å². The van der Waals surface area contributed by atoms with Gasteiger partial charge in [-0.2, -0.15) is 13.2 Å². The summed E-state index contributed by atoms with van der Waals surface area (Å²) in [6, 6.07) is 9.22. The molecule has 0 atom stereocenters. The van der Waals surface area contributed by atoms with Crippen LogP contribution in [0.25, 0.3) is 0 Å². The molecule has 0 aliphatic rings. The number of hydrogen-bond donors (Lipinski definition) is 1. The summed E-state index contributed by atoms with van der Waals surface area (Å²) in [6.07, 6.45) is -4.46. The topological polar surface area (TPSA) is 38.3 Å². The third kappa shape index (κ3) is 3.79. The molecule has 0 heterocycles. The Morgan fingerprint density at radius 3 is 2.55 bits per heavy atom. The Labute approximate surface area is 133 Å². The molecule has 0 saturated heterocycles. The molecule has 0 saturated carbocycles. The van der Waals surface area contributed by atoms with Gasteiger partial charge in [-0.1, -0.05) is 6.07 Å². The zero-order chi connectivity index (χ0) is 16.3. The predicted octanol–water partition coefficient (Wildman–Crippen LogP) is 4.73. The van der Waals surface area contributed by atoms with Gasteiger partial charge in [0.05, 0.1) is 18.2 Å². The molecule has 0 aliphatic carbocycles. The molecule has 0 fully saturated rings. The summed E-state index contributed by atoms with van der Waals surface area (Å²) in [6.45, 7) is 0. The van der Waals surface area contributed by atoms with E-state index in [4.69, 9.17) is 4.74 Å². The van der Waals surface area contributed by atoms with Crippen LogP contribution in [-0.4, -0.2) is 13.0 Å². The quantitative estimate of drug-likeness (QED) is 0.844. The molecular formula is C15H11BrF3NO2. The minimum atomic E-state index is -4.46. The predicted molar refractivity (Wildman–Crippen MR) is 80.1 cm³/mol. The van der Waals surface area contributed by atoms with Crippen LogP contribution in [0.4, 0.5) is 18.9 Å². The molecular weight excluding hydrogens is 363 g/mol. The van der Waals surface area contributed by atoms with Gasteiger partial charge in [0.15, 0.2) is 0 Å². The number of methoxy groups -OCH3 is 1. The number of alkyl halides is 3. The molecule has 2 rings (SSSR count). The van der Waals surface area contributed by atoms with Crippen LogP contribution in [0.3, 0.4) is 0 Å². The Morgan fingerprint density at radius 1 is 1.18 bits per heavy atom. The van der Waals surface area contributed by atoms with E-state index in [1.165, 1.54) is 25.3 Å². The molecule has 1 N–H and O–H groups in total. The molecule has 3 nitrogen and oxygen atoms in total. The van der Waals surface area contributed by atoms with Gasteiger partial charge in [-0.25, -0.2) is 0 Å². The van der Waals surface area contributed by atoms with Crippen LogP contribution in [0.15, 0.2) is 46.9 Å². The first-order valence-electron chi connectivity index (χ1n) is 6.13. The smallest absolute Gasteiger partial charge is 0.416 e. The van der Waals surface area contributed by atoms with E-state index in [9.17, 15) is 18.0 Å². The van der Waals surface area contributed by atoms with Crippen LogP contribution in [0.5, 0.6) is 5.75 Å². The molecule has 1 amide bonds. The lowest BCUT2D eigenvalue weighted by atomic mass is 10.1. The lowest BCUT2D eigenvalue weighted by molar-refractivity contribution is -0.137. The van der Waals surface area contributed by atoms with Crippen molar-refractivity contribution in [2.24, 2.45) is 0 Å². The van der Waals surface area contributed by atoms with E-state index < -0.39 is 17.6 Å². The second kappa shape index (κ2) is 6.39. The molecule has 0 radical (unpaired) electrons. The van der Waals surface area contributed by atoms with Gasteiger partial charge in [0.1, 0.15) is 5.75 Å². The maximum atomic E-state index is 12.7. The van der Waals surface area contributed by atoms with Gasteiger partial charge in [0.25, 0.3) is 5.91 Å². The van der Waals surface area contributed by atoms with Crippen molar-refractivity contribution < 1.29 is 22.7 Å². The highest BCUT2D eigenvalue weighted by atomic mass is 79.9. The number of amides is 1. The average Bonchev–Trinajstić information content (AvgIpc) is 2.47. The third-order valence-corrected chi connectivity index (χ3v) is 3.56. The Balaban J connectivity index is 2.26. The highest BCUT2D eigenvalue weighted by Gasteiger charge is 2.30. The van der Waals surface area contributed by atoms with E-state index in [2.05, 4.69) is 21.2 Å². The minimum Gasteiger partial charge on any atom is -0.497 e. The zero-order valence-electron chi connectivity index (χ0n) is 11.4. The minimum absolute atomic E-state index is 0.0644. The van der Waals surface area contributed by atoms with E-state index in [-0.39, 0.29) is 11.3 Å². The van der Waals surface area contributed by atoms with E-state index in [0.717, 1.165) is 12.1 Å². The lowest BCUT2D eigenvalue weighted by Gasteiger charge is -2.11. The van der Waals surface area contributed by atoms with Gasteiger partial charge >= 0.3 is 6.18 Å². The molecule has 0 aromatic heterocycles. The number of anilines is 1. The first-order chi connectivity index (χ1) is 10.3. The number of benzene rings is 2. The standard InChI is InChI=1S/C15H11BrF3NO2/c1-22-11-5-6-13(16)12(8-11)14(21)20-10-4-2-3-9(7-10)15(17,18)19/h2-8H,1H3,(H,20,21). The summed E-state index contributed by atoms with van der Waals surface area (Å²) in [5.41, 5.74) is -0.499.